The molecule has 9 heteroatoms. The topological polar surface area (TPSA) is 126 Å². The minimum Gasteiger partial charge on any atom is -0.478 e. The summed E-state index contributed by atoms with van der Waals surface area (Å²) in [5.41, 5.74) is -1.76. The highest BCUT2D eigenvalue weighted by molar-refractivity contribution is 7.98. The van der Waals surface area contributed by atoms with E-state index in [0.29, 0.717) is 5.75 Å². The van der Waals surface area contributed by atoms with Gasteiger partial charge >= 0.3 is 11.7 Å². The van der Waals surface area contributed by atoms with Gasteiger partial charge < -0.3 is 15.5 Å². The maximum Gasteiger partial charge on any atom is 0.337 e. The average molecular weight is 301 g/mol. The number of hydrogen-bond donors (Lipinski definition) is 3. The number of carbonyl (C=O) groups is 1. The molecule has 1 unspecified atom stereocenters. The van der Waals surface area contributed by atoms with E-state index in [1.54, 1.807) is 6.92 Å². The Morgan fingerprint density at radius 1 is 1.65 bits per heavy atom. The highest BCUT2D eigenvalue weighted by atomic mass is 32.2. The van der Waals surface area contributed by atoms with Crippen molar-refractivity contribution < 1.29 is 19.9 Å². The molecule has 0 aliphatic rings. The van der Waals surface area contributed by atoms with E-state index < -0.39 is 22.2 Å². The molecule has 1 rings (SSSR count). The van der Waals surface area contributed by atoms with Gasteiger partial charge in [-0.15, -0.1) is 0 Å². The number of nitrogens with zero attached hydrogens (tertiary/aromatic N) is 2. The highest BCUT2D eigenvalue weighted by Crippen LogP contribution is 2.23. The van der Waals surface area contributed by atoms with Gasteiger partial charge in [-0.2, -0.15) is 11.8 Å². The number of nitrogens with one attached hydrogen (secondary N) is 1. The molecule has 20 heavy (non-hydrogen) atoms. The van der Waals surface area contributed by atoms with Crippen LogP contribution in [-0.4, -0.2) is 50.2 Å². The maximum atomic E-state index is 10.9. The number of aromatic nitrogens is 1. The van der Waals surface area contributed by atoms with Crippen molar-refractivity contribution in [2.75, 3.05) is 23.9 Å². The van der Waals surface area contributed by atoms with Crippen molar-refractivity contribution in [3.05, 3.63) is 27.9 Å². The molecule has 0 spiro atoms. The van der Waals surface area contributed by atoms with Crippen LogP contribution in [-0.2, 0) is 0 Å². The first-order chi connectivity index (χ1) is 9.26. The molecular formula is C11H15N3O5S. The van der Waals surface area contributed by atoms with Crippen LogP contribution >= 0.6 is 11.8 Å². The van der Waals surface area contributed by atoms with E-state index in [9.17, 15) is 20.0 Å². The van der Waals surface area contributed by atoms with E-state index in [1.165, 1.54) is 11.8 Å². The molecule has 0 amide bonds. The second-order valence-electron chi connectivity index (χ2n) is 4.44. The summed E-state index contributed by atoms with van der Waals surface area (Å²) in [6.07, 6.45) is 2.86. The highest BCUT2D eigenvalue weighted by Gasteiger charge is 2.23. The van der Waals surface area contributed by atoms with Crippen LogP contribution in [0.5, 0.6) is 0 Å². The summed E-state index contributed by atoms with van der Waals surface area (Å²) in [4.78, 5) is 24.7. The van der Waals surface area contributed by atoms with E-state index in [4.69, 9.17) is 5.11 Å². The molecule has 0 bridgehead atoms. The lowest BCUT2D eigenvalue weighted by molar-refractivity contribution is -0.384. The van der Waals surface area contributed by atoms with Crippen molar-refractivity contribution in [2.24, 2.45) is 0 Å². The minimum atomic E-state index is -1.29. The Labute approximate surface area is 119 Å². The third-order valence-electron chi connectivity index (χ3n) is 2.40. The monoisotopic (exact) mass is 301 g/mol. The summed E-state index contributed by atoms with van der Waals surface area (Å²) in [6.45, 7) is 1.65. The Kier molecular flexibility index (Phi) is 5.28. The van der Waals surface area contributed by atoms with Gasteiger partial charge in [0.2, 0.25) is 5.82 Å². The lowest BCUT2D eigenvalue weighted by Crippen LogP contribution is -2.36. The maximum absolute atomic E-state index is 10.9. The smallest absolute Gasteiger partial charge is 0.337 e. The van der Waals surface area contributed by atoms with Crippen LogP contribution in [0.2, 0.25) is 0 Å². The first-order valence-corrected chi connectivity index (χ1v) is 6.99. The SMILES string of the molecule is CSCC(C)(O)CNc1ncc(C(=O)O)cc1[N+](=O)[O-]. The molecule has 0 radical (unpaired) electrons. The van der Waals surface area contributed by atoms with Gasteiger partial charge in [0.15, 0.2) is 0 Å². The van der Waals surface area contributed by atoms with Crippen molar-refractivity contribution in [3.63, 3.8) is 0 Å². The fourth-order valence-corrected chi connectivity index (χ4v) is 2.21. The van der Waals surface area contributed by atoms with Gasteiger partial charge in [0.25, 0.3) is 0 Å². The summed E-state index contributed by atoms with van der Waals surface area (Å²) in [6, 6.07) is 0.931. The summed E-state index contributed by atoms with van der Waals surface area (Å²) >= 11 is 1.44. The molecule has 1 heterocycles. The number of aromatic carboxylic acids is 1. The molecule has 0 saturated carbocycles. The summed E-state index contributed by atoms with van der Waals surface area (Å²) < 4.78 is 0. The number of hydrogen-bond acceptors (Lipinski definition) is 7. The summed E-state index contributed by atoms with van der Waals surface area (Å²) in [7, 11) is 0. The van der Waals surface area contributed by atoms with Crippen molar-refractivity contribution in [2.45, 2.75) is 12.5 Å². The number of pyridine rings is 1. The number of aliphatic hydroxyl groups is 1. The normalized spacial score (nSPS) is 13.6. The van der Waals surface area contributed by atoms with Crippen LogP contribution in [0.3, 0.4) is 0 Å². The number of anilines is 1. The van der Waals surface area contributed by atoms with Crippen LogP contribution in [0.1, 0.15) is 17.3 Å². The zero-order valence-electron chi connectivity index (χ0n) is 11.0. The summed E-state index contributed by atoms with van der Waals surface area (Å²) in [5, 5.41) is 32.3. The Morgan fingerprint density at radius 2 is 2.30 bits per heavy atom. The molecule has 1 aromatic heterocycles. The predicted octanol–water partition coefficient (Wildman–Crippen LogP) is 1.21. The van der Waals surface area contributed by atoms with E-state index in [1.807, 2.05) is 6.26 Å². The van der Waals surface area contributed by atoms with Gasteiger partial charge in [0.1, 0.15) is 0 Å². The van der Waals surface area contributed by atoms with E-state index >= 15 is 0 Å². The standard InChI is InChI=1S/C11H15N3O5S/c1-11(17,6-20-2)5-13-9-8(14(18)19)3-7(4-12-9)10(15)16/h3-4,17H,5-6H2,1-2H3,(H,12,13)(H,15,16). The van der Waals surface area contributed by atoms with Gasteiger partial charge in [-0.1, -0.05) is 0 Å². The van der Waals surface area contributed by atoms with Crippen molar-refractivity contribution >= 4 is 29.2 Å². The van der Waals surface area contributed by atoms with Crippen LogP contribution in [0.4, 0.5) is 11.5 Å². The van der Waals surface area contributed by atoms with Gasteiger partial charge in [-0.05, 0) is 13.2 Å². The fourth-order valence-electron chi connectivity index (χ4n) is 1.48. The van der Waals surface area contributed by atoms with Crippen LogP contribution < -0.4 is 5.32 Å². The van der Waals surface area contributed by atoms with Gasteiger partial charge in [-0.25, -0.2) is 9.78 Å². The summed E-state index contributed by atoms with van der Waals surface area (Å²) in [5.74, 6) is -0.913. The van der Waals surface area contributed by atoms with Crippen molar-refractivity contribution in [1.29, 1.82) is 0 Å². The Morgan fingerprint density at radius 3 is 2.80 bits per heavy atom. The fraction of sp³-hybridized carbons (Fsp3) is 0.455. The molecule has 3 N–H and O–H groups in total. The van der Waals surface area contributed by atoms with E-state index in [0.717, 1.165) is 12.3 Å². The first kappa shape index (κ1) is 16.2. The zero-order chi connectivity index (χ0) is 15.3. The third kappa shape index (κ3) is 4.35. The zero-order valence-corrected chi connectivity index (χ0v) is 11.8. The van der Waals surface area contributed by atoms with Crippen LogP contribution in [0, 0.1) is 10.1 Å². The number of rotatable bonds is 7. The first-order valence-electron chi connectivity index (χ1n) is 5.60. The quantitative estimate of drug-likeness (QED) is 0.507. The van der Waals surface area contributed by atoms with Gasteiger partial charge in [0.05, 0.1) is 16.1 Å². The number of carboxylic acid groups (broad SMARTS) is 1. The van der Waals surface area contributed by atoms with Gasteiger partial charge in [-0.3, -0.25) is 10.1 Å². The molecule has 0 saturated heterocycles. The van der Waals surface area contributed by atoms with E-state index in [2.05, 4.69) is 10.3 Å². The second kappa shape index (κ2) is 6.53. The average Bonchev–Trinajstić information content (AvgIpc) is 2.36. The van der Waals surface area contributed by atoms with Gasteiger partial charge in [0, 0.05) is 24.6 Å². The third-order valence-corrected chi connectivity index (χ3v) is 3.31. The molecule has 8 nitrogen and oxygen atoms in total. The largest absolute Gasteiger partial charge is 0.478 e. The molecule has 1 aromatic rings. The lowest BCUT2D eigenvalue weighted by atomic mass is 10.1. The Hall–Kier alpha value is -1.87. The molecule has 110 valence electrons. The van der Waals surface area contributed by atoms with Crippen LogP contribution in [0.15, 0.2) is 12.3 Å². The molecule has 0 fully saturated rings. The number of thioether (sulfide) groups is 1. The lowest BCUT2D eigenvalue weighted by Gasteiger charge is -2.22. The molecule has 0 aliphatic heterocycles. The molecule has 1 atom stereocenters. The number of carboxylic acids is 1. The minimum absolute atomic E-state index is 0.0636. The van der Waals surface area contributed by atoms with E-state index in [-0.39, 0.29) is 17.9 Å². The molecule has 0 aliphatic carbocycles. The molecular weight excluding hydrogens is 286 g/mol. The molecule has 0 aromatic carbocycles. The van der Waals surface area contributed by atoms with Crippen molar-refractivity contribution in [3.8, 4) is 0 Å². The van der Waals surface area contributed by atoms with Crippen LogP contribution in [0.25, 0.3) is 0 Å². The predicted molar refractivity (Wildman–Crippen MR) is 75.3 cm³/mol. The second-order valence-corrected chi connectivity index (χ2v) is 5.30. The Bertz CT molecular complexity index is 521. The van der Waals surface area contributed by atoms with Crippen molar-refractivity contribution in [1.82, 2.24) is 4.98 Å². The number of nitro groups is 1. The Balaban J connectivity index is 2.95.